The van der Waals surface area contributed by atoms with Gasteiger partial charge in [-0.3, -0.25) is 4.90 Å². The summed E-state index contributed by atoms with van der Waals surface area (Å²) in [6.07, 6.45) is 6.74. The molecule has 1 aromatic carbocycles. The normalized spacial score (nSPS) is 29.2. The standard InChI is InChI=1S/C16H23FN2/c17-14-7-1-5-13(10-14)15(18)11-19-9-3-6-12-4-2-8-16(12)19/h1,5,7,10,12,15-16H,2-4,6,8-9,11,18H2. The zero-order valence-corrected chi connectivity index (χ0v) is 11.4. The van der Waals surface area contributed by atoms with Gasteiger partial charge in [0.05, 0.1) is 0 Å². The van der Waals surface area contributed by atoms with Crippen LogP contribution in [0, 0.1) is 11.7 Å². The Morgan fingerprint density at radius 3 is 2.95 bits per heavy atom. The average molecular weight is 262 g/mol. The van der Waals surface area contributed by atoms with E-state index in [9.17, 15) is 4.39 Å². The van der Waals surface area contributed by atoms with Crippen LogP contribution >= 0.6 is 0 Å². The molecule has 2 fully saturated rings. The van der Waals surface area contributed by atoms with Crippen molar-refractivity contribution in [1.82, 2.24) is 4.90 Å². The van der Waals surface area contributed by atoms with Gasteiger partial charge >= 0.3 is 0 Å². The lowest BCUT2D eigenvalue weighted by Gasteiger charge is -2.39. The van der Waals surface area contributed by atoms with Crippen LogP contribution in [-0.4, -0.2) is 24.0 Å². The topological polar surface area (TPSA) is 29.3 Å². The lowest BCUT2D eigenvalue weighted by atomic mass is 9.91. The van der Waals surface area contributed by atoms with Gasteiger partial charge < -0.3 is 5.73 Å². The molecule has 104 valence electrons. The van der Waals surface area contributed by atoms with Crippen LogP contribution in [0.5, 0.6) is 0 Å². The van der Waals surface area contributed by atoms with Crippen molar-refractivity contribution in [3.8, 4) is 0 Å². The average Bonchev–Trinajstić information content (AvgIpc) is 2.88. The molecule has 0 radical (unpaired) electrons. The van der Waals surface area contributed by atoms with Crippen molar-refractivity contribution in [3.05, 3.63) is 35.6 Å². The lowest BCUT2D eigenvalue weighted by Crippen LogP contribution is -2.45. The molecule has 0 aromatic heterocycles. The highest BCUT2D eigenvalue weighted by molar-refractivity contribution is 5.20. The van der Waals surface area contributed by atoms with Crippen molar-refractivity contribution in [2.75, 3.05) is 13.1 Å². The molecular formula is C16H23FN2. The second kappa shape index (κ2) is 5.59. The highest BCUT2D eigenvalue weighted by atomic mass is 19.1. The number of hydrogen-bond acceptors (Lipinski definition) is 2. The molecule has 3 rings (SSSR count). The van der Waals surface area contributed by atoms with Crippen LogP contribution in [-0.2, 0) is 0 Å². The maximum Gasteiger partial charge on any atom is 0.123 e. The van der Waals surface area contributed by atoms with Gasteiger partial charge in [-0.15, -0.1) is 0 Å². The van der Waals surface area contributed by atoms with Gasteiger partial charge in [-0.05, 0) is 55.8 Å². The number of benzene rings is 1. The fourth-order valence-corrected chi connectivity index (χ4v) is 3.88. The van der Waals surface area contributed by atoms with E-state index in [1.807, 2.05) is 6.07 Å². The fraction of sp³-hybridized carbons (Fsp3) is 0.625. The number of nitrogens with zero attached hydrogens (tertiary/aromatic N) is 1. The summed E-state index contributed by atoms with van der Waals surface area (Å²) in [5.74, 6) is 0.693. The van der Waals surface area contributed by atoms with E-state index in [1.165, 1.54) is 38.2 Å². The molecule has 0 amide bonds. The zero-order chi connectivity index (χ0) is 13.2. The number of halogens is 1. The molecule has 1 aliphatic carbocycles. The minimum absolute atomic E-state index is 0.0740. The van der Waals surface area contributed by atoms with Crippen LogP contribution < -0.4 is 5.73 Å². The van der Waals surface area contributed by atoms with Gasteiger partial charge in [-0.25, -0.2) is 4.39 Å². The predicted molar refractivity (Wildman–Crippen MR) is 75.3 cm³/mol. The Kier molecular flexibility index (Phi) is 3.85. The van der Waals surface area contributed by atoms with Crippen molar-refractivity contribution in [3.63, 3.8) is 0 Å². The molecule has 0 bridgehead atoms. The number of rotatable bonds is 3. The number of nitrogens with two attached hydrogens (primary N) is 1. The quantitative estimate of drug-likeness (QED) is 0.907. The SMILES string of the molecule is NC(CN1CCCC2CCCC21)c1cccc(F)c1. The molecule has 1 saturated heterocycles. The Morgan fingerprint density at radius 1 is 1.26 bits per heavy atom. The second-order valence-electron chi connectivity index (χ2n) is 6.06. The fourth-order valence-electron chi connectivity index (χ4n) is 3.88. The van der Waals surface area contributed by atoms with Gasteiger partial charge in [-0.2, -0.15) is 0 Å². The van der Waals surface area contributed by atoms with E-state index in [2.05, 4.69) is 4.90 Å². The molecule has 1 heterocycles. The minimum Gasteiger partial charge on any atom is -0.323 e. The first-order chi connectivity index (χ1) is 9.24. The maximum absolute atomic E-state index is 13.3. The summed E-state index contributed by atoms with van der Waals surface area (Å²) in [6, 6.07) is 7.39. The molecule has 1 saturated carbocycles. The Bertz CT molecular complexity index is 435. The summed E-state index contributed by atoms with van der Waals surface area (Å²) in [5.41, 5.74) is 7.19. The van der Waals surface area contributed by atoms with Crippen molar-refractivity contribution >= 4 is 0 Å². The van der Waals surface area contributed by atoms with Crippen LogP contribution in [0.15, 0.2) is 24.3 Å². The Morgan fingerprint density at radius 2 is 2.11 bits per heavy atom. The van der Waals surface area contributed by atoms with Crippen molar-refractivity contribution in [2.24, 2.45) is 11.7 Å². The summed E-state index contributed by atoms with van der Waals surface area (Å²) < 4.78 is 13.3. The van der Waals surface area contributed by atoms with Gasteiger partial charge in [0.15, 0.2) is 0 Å². The third kappa shape index (κ3) is 2.82. The first kappa shape index (κ1) is 13.1. The summed E-state index contributed by atoms with van der Waals surface area (Å²) in [7, 11) is 0. The molecule has 1 aliphatic heterocycles. The van der Waals surface area contributed by atoms with Crippen molar-refractivity contribution < 1.29 is 4.39 Å². The van der Waals surface area contributed by atoms with Crippen LogP contribution in [0.3, 0.4) is 0 Å². The summed E-state index contributed by atoms with van der Waals surface area (Å²) >= 11 is 0. The van der Waals surface area contributed by atoms with E-state index >= 15 is 0 Å². The number of hydrogen-bond donors (Lipinski definition) is 1. The highest BCUT2D eigenvalue weighted by Crippen LogP contribution is 2.37. The second-order valence-corrected chi connectivity index (χ2v) is 6.06. The van der Waals surface area contributed by atoms with E-state index in [-0.39, 0.29) is 11.9 Å². The van der Waals surface area contributed by atoms with Gasteiger partial charge in [-0.1, -0.05) is 18.6 Å². The number of likely N-dealkylation sites (tertiary alicyclic amines) is 1. The Hall–Kier alpha value is -0.930. The third-order valence-electron chi connectivity index (χ3n) is 4.82. The molecular weight excluding hydrogens is 239 g/mol. The molecule has 2 nitrogen and oxygen atoms in total. The van der Waals surface area contributed by atoms with Crippen LogP contribution in [0.2, 0.25) is 0 Å². The van der Waals surface area contributed by atoms with Gasteiger partial charge in [0, 0.05) is 18.6 Å². The predicted octanol–water partition coefficient (Wildman–Crippen LogP) is 3.09. The number of piperidine rings is 1. The Labute approximate surface area is 114 Å². The maximum atomic E-state index is 13.3. The summed E-state index contributed by atoms with van der Waals surface area (Å²) in [4.78, 5) is 2.55. The van der Waals surface area contributed by atoms with Crippen LogP contribution in [0.25, 0.3) is 0 Å². The molecule has 1 aromatic rings. The van der Waals surface area contributed by atoms with E-state index in [0.29, 0.717) is 0 Å². The first-order valence-electron chi connectivity index (χ1n) is 7.49. The molecule has 2 aliphatic rings. The van der Waals surface area contributed by atoms with Gasteiger partial charge in [0.1, 0.15) is 5.82 Å². The monoisotopic (exact) mass is 262 g/mol. The molecule has 3 heteroatoms. The van der Waals surface area contributed by atoms with Crippen LogP contribution in [0.4, 0.5) is 4.39 Å². The number of fused-ring (bicyclic) bond motifs is 1. The largest absolute Gasteiger partial charge is 0.323 e. The third-order valence-corrected chi connectivity index (χ3v) is 4.82. The first-order valence-corrected chi connectivity index (χ1v) is 7.49. The highest BCUT2D eigenvalue weighted by Gasteiger charge is 2.35. The van der Waals surface area contributed by atoms with E-state index in [1.54, 1.807) is 12.1 Å². The molecule has 3 atom stereocenters. The van der Waals surface area contributed by atoms with Gasteiger partial charge in [0.2, 0.25) is 0 Å². The summed E-state index contributed by atoms with van der Waals surface area (Å²) in [5, 5.41) is 0. The van der Waals surface area contributed by atoms with Gasteiger partial charge in [0.25, 0.3) is 0 Å². The Balaban J connectivity index is 1.67. The molecule has 0 spiro atoms. The zero-order valence-electron chi connectivity index (χ0n) is 11.4. The lowest BCUT2D eigenvalue weighted by molar-refractivity contribution is 0.106. The summed E-state index contributed by atoms with van der Waals surface area (Å²) in [6.45, 7) is 2.02. The van der Waals surface area contributed by atoms with E-state index in [4.69, 9.17) is 5.73 Å². The van der Waals surface area contributed by atoms with Crippen molar-refractivity contribution in [1.29, 1.82) is 0 Å². The molecule has 2 N–H and O–H groups in total. The molecule has 3 unspecified atom stereocenters. The van der Waals surface area contributed by atoms with Crippen molar-refractivity contribution in [2.45, 2.75) is 44.2 Å². The van der Waals surface area contributed by atoms with Crippen LogP contribution in [0.1, 0.15) is 43.7 Å². The minimum atomic E-state index is -0.190. The molecule has 19 heavy (non-hydrogen) atoms. The van der Waals surface area contributed by atoms with E-state index in [0.717, 1.165) is 30.6 Å². The smallest absolute Gasteiger partial charge is 0.123 e. The van der Waals surface area contributed by atoms with E-state index < -0.39 is 0 Å².